The van der Waals surface area contributed by atoms with E-state index in [1.165, 1.54) is 5.56 Å². The van der Waals surface area contributed by atoms with E-state index in [4.69, 9.17) is 0 Å². The summed E-state index contributed by atoms with van der Waals surface area (Å²) in [7, 11) is 2.01. The van der Waals surface area contributed by atoms with Crippen LogP contribution in [0, 0.1) is 26.7 Å². The van der Waals surface area contributed by atoms with Crippen LogP contribution >= 0.6 is 0 Å². The summed E-state index contributed by atoms with van der Waals surface area (Å²) in [5, 5.41) is 0. The average Bonchev–Trinajstić information content (AvgIpc) is 2.12. The Morgan fingerprint density at radius 1 is 1.17 bits per heavy atom. The Bertz CT molecular complexity index is 412. The van der Waals surface area contributed by atoms with Gasteiger partial charge in [0.2, 0.25) is 0 Å². The summed E-state index contributed by atoms with van der Waals surface area (Å²) in [4.78, 5) is 14.5. The molecule has 0 saturated heterocycles. The summed E-state index contributed by atoms with van der Waals surface area (Å²) in [6.45, 7) is 11.9. The van der Waals surface area contributed by atoms with Gasteiger partial charge >= 0.3 is 0 Å². The maximum Gasteiger partial charge on any atom is 0.177 e. The Morgan fingerprint density at radius 3 is 2.11 bits per heavy atom. The van der Waals surface area contributed by atoms with Gasteiger partial charge in [-0.3, -0.25) is 9.69 Å². The van der Waals surface area contributed by atoms with Crippen molar-refractivity contribution in [2.75, 3.05) is 20.1 Å². The number of benzene rings is 1. The fourth-order valence-corrected chi connectivity index (χ4v) is 2.63. The number of rotatable bonds is 5. The standard InChI is InChI=1S/C16H25NO/c1-11(2)9-17(6)10-15(18)16-13(4)7-12(3)8-14(16)5/h7-8,11H,9-10H2,1-6H3. The molecule has 0 amide bonds. The lowest BCUT2D eigenvalue weighted by molar-refractivity contribution is 0.0939. The van der Waals surface area contributed by atoms with Crippen molar-refractivity contribution in [3.63, 3.8) is 0 Å². The molecule has 0 spiro atoms. The van der Waals surface area contributed by atoms with Crippen molar-refractivity contribution < 1.29 is 4.79 Å². The van der Waals surface area contributed by atoms with E-state index >= 15 is 0 Å². The van der Waals surface area contributed by atoms with Crippen molar-refractivity contribution in [1.82, 2.24) is 4.90 Å². The zero-order valence-corrected chi connectivity index (χ0v) is 12.5. The predicted molar refractivity (Wildman–Crippen MR) is 77.3 cm³/mol. The smallest absolute Gasteiger partial charge is 0.177 e. The molecular weight excluding hydrogens is 222 g/mol. The van der Waals surface area contributed by atoms with Crippen LogP contribution < -0.4 is 0 Å². The molecule has 0 atom stereocenters. The van der Waals surface area contributed by atoms with E-state index in [2.05, 4.69) is 37.8 Å². The molecule has 2 heteroatoms. The second-order valence-electron chi connectivity index (χ2n) is 5.79. The van der Waals surface area contributed by atoms with Crippen molar-refractivity contribution in [2.24, 2.45) is 5.92 Å². The molecule has 0 saturated carbocycles. The zero-order chi connectivity index (χ0) is 13.9. The number of hydrogen-bond donors (Lipinski definition) is 0. The summed E-state index contributed by atoms with van der Waals surface area (Å²) in [5.41, 5.74) is 4.30. The molecule has 0 aliphatic rings. The molecule has 0 N–H and O–H groups in total. The van der Waals surface area contributed by atoms with E-state index in [9.17, 15) is 4.79 Å². The van der Waals surface area contributed by atoms with Crippen LogP contribution in [0.5, 0.6) is 0 Å². The first kappa shape index (κ1) is 14.9. The summed E-state index contributed by atoms with van der Waals surface area (Å²) in [5.74, 6) is 0.816. The number of aryl methyl sites for hydroxylation is 3. The molecule has 2 nitrogen and oxygen atoms in total. The largest absolute Gasteiger partial charge is 0.299 e. The minimum absolute atomic E-state index is 0.230. The highest BCUT2D eigenvalue weighted by molar-refractivity contribution is 6.00. The van der Waals surface area contributed by atoms with Crippen LogP contribution in [-0.4, -0.2) is 30.8 Å². The Balaban J connectivity index is 2.85. The van der Waals surface area contributed by atoms with Crippen molar-refractivity contribution in [1.29, 1.82) is 0 Å². The summed E-state index contributed by atoms with van der Waals surface area (Å²) in [6.07, 6.45) is 0. The van der Waals surface area contributed by atoms with Gasteiger partial charge in [0.1, 0.15) is 0 Å². The molecule has 1 aromatic rings. The number of Topliss-reactive ketones (excluding diaryl/α,β-unsaturated/α-hetero) is 1. The van der Waals surface area contributed by atoms with Crippen LogP contribution in [-0.2, 0) is 0 Å². The Kier molecular flexibility index (Phi) is 5.09. The summed E-state index contributed by atoms with van der Waals surface area (Å²) < 4.78 is 0. The SMILES string of the molecule is Cc1cc(C)c(C(=O)CN(C)CC(C)C)c(C)c1. The first-order valence-electron chi connectivity index (χ1n) is 6.60. The molecule has 0 radical (unpaired) electrons. The van der Waals surface area contributed by atoms with Gasteiger partial charge in [0, 0.05) is 12.1 Å². The van der Waals surface area contributed by atoms with Crippen LogP contribution in [0.25, 0.3) is 0 Å². The van der Waals surface area contributed by atoms with E-state index in [0.717, 1.165) is 23.2 Å². The Morgan fingerprint density at radius 2 is 1.67 bits per heavy atom. The topological polar surface area (TPSA) is 20.3 Å². The molecule has 100 valence electrons. The highest BCUT2D eigenvalue weighted by atomic mass is 16.1. The van der Waals surface area contributed by atoms with Gasteiger partial charge in [-0.05, 0) is 44.9 Å². The first-order chi connectivity index (χ1) is 8.31. The number of carbonyl (C=O) groups excluding carboxylic acids is 1. The summed E-state index contributed by atoms with van der Waals surface area (Å²) in [6, 6.07) is 4.17. The van der Waals surface area contributed by atoms with Gasteiger partial charge in [0.25, 0.3) is 0 Å². The molecular formula is C16H25NO. The van der Waals surface area contributed by atoms with Crippen LogP contribution in [0.4, 0.5) is 0 Å². The number of ketones is 1. The lowest BCUT2D eigenvalue weighted by Gasteiger charge is -2.19. The molecule has 0 aromatic heterocycles. The monoisotopic (exact) mass is 247 g/mol. The van der Waals surface area contributed by atoms with Crippen molar-refractivity contribution >= 4 is 5.78 Å². The van der Waals surface area contributed by atoms with Gasteiger partial charge in [0.05, 0.1) is 6.54 Å². The van der Waals surface area contributed by atoms with E-state index in [-0.39, 0.29) is 5.78 Å². The zero-order valence-electron chi connectivity index (χ0n) is 12.5. The van der Waals surface area contributed by atoms with Crippen LogP contribution in [0.15, 0.2) is 12.1 Å². The number of carbonyl (C=O) groups is 1. The van der Waals surface area contributed by atoms with Gasteiger partial charge in [-0.25, -0.2) is 0 Å². The molecule has 1 rings (SSSR count). The van der Waals surface area contributed by atoms with E-state index in [0.29, 0.717) is 12.5 Å². The molecule has 1 aromatic carbocycles. The van der Waals surface area contributed by atoms with Crippen LogP contribution in [0.2, 0.25) is 0 Å². The van der Waals surface area contributed by atoms with Crippen LogP contribution in [0.1, 0.15) is 40.9 Å². The highest BCUT2D eigenvalue weighted by Crippen LogP contribution is 2.17. The molecule has 18 heavy (non-hydrogen) atoms. The Labute approximate surface area is 111 Å². The molecule has 0 bridgehead atoms. The maximum atomic E-state index is 12.3. The van der Waals surface area contributed by atoms with E-state index in [1.54, 1.807) is 0 Å². The molecule has 0 aliphatic heterocycles. The second-order valence-corrected chi connectivity index (χ2v) is 5.79. The third-order valence-corrected chi connectivity index (χ3v) is 3.05. The summed E-state index contributed by atoms with van der Waals surface area (Å²) >= 11 is 0. The lowest BCUT2D eigenvalue weighted by Crippen LogP contribution is -2.30. The average molecular weight is 247 g/mol. The van der Waals surface area contributed by atoms with Gasteiger partial charge in [0.15, 0.2) is 5.78 Å². The number of nitrogens with zero attached hydrogens (tertiary/aromatic N) is 1. The van der Waals surface area contributed by atoms with Gasteiger partial charge in [-0.2, -0.15) is 0 Å². The first-order valence-corrected chi connectivity index (χ1v) is 6.60. The quantitative estimate of drug-likeness (QED) is 0.743. The normalized spacial score (nSPS) is 11.3. The maximum absolute atomic E-state index is 12.3. The number of hydrogen-bond acceptors (Lipinski definition) is 2. The van der Waals surface area contributed by atoms with E-state index in [1.807, 2.05) is 20.9 Å². The van der Waals surface area contributed by atoms with Crippen molar-refractivity contribution in [2.45, 2.75) is 34.6 Å². The number of likely N-dealkylation sites (N-methyl/N-ethyl adjacent to an activating group) is 1. The van der Waals surface area contributed by atoms with Gasteiger partial charge in [-0.15, -0.1) is 0 Å². The minimum atomic E-state index is 0.230. The Hall–Kier alpha value is -1.15. The fourth-order valence-electron chi connectivity index (χ4n) is 2.63. The molecule has 0 heterocycles. The third kappa shape index (κ3) is 3.95. The molecule has 0 unspecified atom stereocenters. The van der Waals surface area contributed by atoms with Crippen molar-refractivity contribution in [3.8, 4) is 0 Å². The van der Waals surface area contributed by atoms with Gasteiger partial charge < -0.3 is 0 Å². The predicted octanol–water partition coefficient (Wildman–Crippen LogP) is 3.38. The van der Waals surface area contributed by atoms with Crippen molar-refractivity contribution in [3.05, 3.63) is 34.4 Å². The fraction of sp³-hybridized carbons (Fsp3) is 0.562. The van der Waals surface area contributed by atoms with Crippen LogP contribution in [0.3, 0.4) is 0 Å². The lowest BCUT2D eigenvalue weighted by atomic mass is 9.96. The second kappa shape index (κ2) is 6.14. The third-order valence-electron chi connectivity index (χ3n) is 3.05. The highest BCUT2D eigenvalue weighted by Gasteiger charge is 2.15. The minimum Gasteiger partial charge on any atom is -0.299 e. The molecule has 0 aliphatic carbocycles. The van der Waals surface area contributed by atoms with E-state index < -0.39 is 0 Å². The molecule has 0 fully saturated rings. The van der Waals surface area contributed by atoms with Gasteiger partial charge in [-0.1, -0.05) is 31.5 Å².